The van der Waals surface area contributed by atoms with E-state index in [0.717, 1.165) is 11.3 Å². The van der Waals surface area contributed by atoms with Gasteiger partial charge in [-0.2, -0.15) is 0 Å². The zero-order chi connectivity index (χ0) is 14.8. The number of rotatable bonds is 3. The van der Waals surface area contributed by atoms with Crippen LogP contribution in [-0.4, -0.2) is 38.4 Å². The second-order valence-corrected chi connectivity index (χ2v) is 7.55. The molecule has 0 spiro atoms. The summed E-state index contributed by atoms with van der Waals surface area (Å²) in [5, 5.41) is 5.88. The van der Waals surface area contributed by atoms with Crippen molar-refractivity contribution in [2.75, 3.05) is 23.4 Å². The van der Waals surface area contributed by atoms with Crippen LogP contribution in [0.1, 0.15) is 17.5 Å². The molecule has 0 aliphatic carbocycles. The van der Waals surface area contributed by atoms with Crippen LogP contribution in [0.2, 0.25) is 0 Å². The molecule has 2 rings (SSSR count). The normalized spacial score (nSPS) is 21.4. The van der Waals surface area contributed by atoms with Gasteiger partial charge in [0.2, 0.25) is 5.91 Å². The van der Waals surface area contributed by atoms with Crippen LogP contribution in [0.25, 0.3) is 0 Å². The van der Waals surface area contributed by atoms with Crippen LogP contribution in [0.3, 0.4) is 0 Å². The van der Waals surface area contributed by atoms with Crippen LogP contribution in [0.15, 0.2) is 18.2 Å². The smallest absolute Gasteiger partial charge is 0.225 e. The van der Waals surface area contributed by atoms with E-state index in [9.17, 15) is 13.2 Å². The minimum absolute atomic E-state index is 0.0351. The Morgan fingerprint density at radius 3 is 2.75 bits per heavy atom. The number of benzene rings is 1. The molecule has 5 nitrogen and oxygen atoms in total. The van der Waals surface area contributed by atoms with E-state index in [0.29, 0.717) is 6.54 Å². The summed E-state index contributed by atoms with van der Waals surface area (Å²) >= 11 is 0. The van der Waals surface area contributed by atoms with Gasteiger partial charge >= 0.3 is 0 Å². The lowest BCUT2D eigenvalue weighted by Gasteiger charge is -2.23. The summed E-state index contributed by atoms with van der Waals surface area (Å²) in [6, 6.07) is 5.43. The van der Waals surface area contributed by atoms with E-state index < -0.39 is 9.84 Å². The van der Waals surface area contributed by atoms with Gasteiger partial charge < -0.3 is 10.6 Å². The minimum atomic E-state index is -3.01. The summed E-state index contributed by atoms with van der Waals surface area (Å²) in [6.45, 7) is 4.42. The van der Waals surface area contributed by atoms with Gasteiger partial charge in [0.05, 0.1) is 11.5 Å². The molecule has 1 fully saturated rings. The number of hydrogen-bond donors (Lipinski definition) is 2. The molecule has 1 atom stereocenters. The Bertz CT molecular complexity index is 611. The predicted octanol–water partition coefficient (Wildman–Crippen LogP) is 1.02. The van der Waals surface area contributed by atoms with Gasteiger partial charge in [0.15, 0.2) is 9.84 Å². The van der Waals surface area contributed by atoms with Crippen molar-refractivity contribution in [3.05, 3.63) is 29.3 Å². The number of nitrogens with one attached hydrogen (secondary N) is 2. The molecule has 1 aliphatic heterocycles. The Kier molecular flexibility index (Phi) is 4.45. The van der Waals surface area contributed by atoms with Gasteiger partial charge in [0, 0.05) is 24.7 Å². The summed E-state index contributed by atoms with van der Waals surface area (Å²) in [7, 11) is -3.01. The molecule has 1 aliphatic rings. The molecule has 1 aromatic rings. The molecule has 1 amide bonds. The molecule has 2 N–H and O–H groups in total. The van der Waals surface area contributed by atoms with Crippen molar-refractivity contribution in [1.82, 2.24) is 5.32 Å². The average Bonchev–Trinajstić information content (AvgIpc) is 2.32. The third-order valence-electron chi connectivity index (χ3n) is 3.52. The van der Waals surface area contributed by atoms with Gasteiger partial charge in [-0.15, -0.1) is 0 Å². The lowest BCUT2D eigenvalue weighted by atomic mass is 10.1. The molecule has 6 heteroatoms. The topological polar surface area (TPSA) is 75.3 Å². The second-order valence-electron chi connectivity index (χ2n) is 5.32. The van der Waals surface area contributed by atoms with Crippen LogP contribution in [0.4, 0.5) is 5.69 Å². The van der Waals surface area contributed by atoms with Crippen molar-refractivity contribution in [2.45, 2.75) is 26.3 Å². The van der Waals surface area contributed by atoms with Crippen LogP contribution in [0.5, 0.6) is 0 Å². The maximum absolute atomic E-state index is 11.9. The molecule has 0 aromatic heterocycles. The molecule has 110 valence electrons. The first kappa shape index (κ1) is 15.0. The van der Waals surface area contributed by atoms with Crippen molar-refractivity contribution in [3.8, 4) is 0 Å². The maximum atomic E-state index is 11.9. The molecular formula is C14H20N2O3S. The van der Waals surface area contributed by atoms with Gasteiger partial charge in [-0.3, -0.25) is 4.79 Å². The fraction of sp³-hybridized carbons (Fsp3) is 0.500. The largest absolute Gasteiger partial charge is 0.326 e. The number of anilines is 1. The van der Waals surface area contributed by atoms with Crippen molar-refractivity contribution in [2.24, 2.45) is 0 Å². The van der Waals surface area contributed by atoms with Gasteiger partial charge in [-0.05, 0) is 37.1 Å². The zero-order valence-electron chi connectivity index (χ0n) is 11.8. The first-order chi connectivity index (χ1) is 9.35. The Hall–Kier alpha value is -1.40. The highest BCUT2D eigenvalue weighted by atomic mass is 32.2. The van der Waals surface area contributed by atoms with Crippen molar-refractivity contribution in [1.29, 1.82) is 0 Å². The fourth-order valence-electron chi connectivity index (χ4n) is 2.25. The van der Waals surface area contributed by atoms with Crippen LogP contribution in [0, 0.1) is 13.8 Å². The Labute approximate surface area is 119 Å². The van der Waals surface area contributed by atoms with Crippen molar-refractivity contribution >= 4 is 21.4 Å². The Balaban J connectivity index is 1.93. The molecule has 1 aromatic carbocycles. The molecule has 20 heavy (non-hydrogen) atoms. The van der Waals surface area contributed by atoms with Crippen molar-refractivity contribution < 1.29 is 13.2 Å². The Morgan fingerprint density at radius 1 is 1.35 bits per heavy atom. The van der Waals surface area contributed by atoms with E-state index >= 15 is 0 Å². The molecule has 0 radical (unpaired) electrons. The highest BCUT2D eigenvalue weighted by molar-refractivity contribution is 7.91. The van der Waals surface area contributed by atoms with Crippen LogP contribution < -0.4 is 10.6 Å². The second kappa shape index (κ2) is 5.93. The summed E-state index contributed by atoms with van der Waals surface area (Å²) in [5.41, 5.74) is 3.03. The number of amides is 1. The van der Waals surface area contributed by atoms with E-state index in [1.165, 1.54) is 5.56 Å². The van der Waals surface area contributed by atoms with E-state index in [1.807, 2.05) is 32.0 Å². The molecule has 1 saturated heterocycles. The summed E-state index contributed by atoms with van der Waals surface area (Å²) in [5.74, 6) is 0.0261. The first-order valence-electron chi connectivity index (χ1n) is 6.67. The summed E-state index contributed by atoms with van der Waals surface area (Å²) < 4.78 is 23.0. The molecule has 0 saturated carbocycles. The predicted molar refractivity (Wildman–Crippen MR) is 79.6 cm³/mol. The van der Waals surface area contributed by atoms with E-state index in [2.05, 4.69) is 10.6 Å². The third-order valence-corrected chi connectivity index (χ3v) is 5.26. The maximum Gasteiger partial charge on any atom is 0.225 e. The van der Waals surface area contributed by atoms with E-state index in [4.69, 9.17) is 0 Å². The minimum Gasteiger partial charge on any atom is -0.326 e. The monoisotopic (exact) mass is 296 g/mol. The zero-order valence-corrected chi connectivity index (χ0v) is 12.6. The van der Waals surface area contributed by atoms with Crippen molar-refractivity contribution in [3.63, 3.8) is 0 Å². The quantitative estimate of drug-likeness (QED) is 0.873. The SMILES string of the molecule is Cc1ccc(NC(=O)CC2CS(=O)(=O)CCN2)cc1C. The van der Waals surface area contributed by atoms with Crippen LogP contribution in [-0.2, 0) is 14.6 Å². The Morgan fingerprint density at radius 2 is 2.10 bits per heavy atom. The number of aryl methyl sites for hydroxylation is 2. The fourth-order valence-corrected chi connectivity index (χ4v) is 3.70. The van der Waals surface area contributed by atoms with E-state index in [-0.39, 0.29) is 29.9 Å². The number of carbonyl (C=O) groups is 1. The lowest BCUT2D eigenvalue weighted by Crippen LogP contribution is -2.46. The molecular weight excluding hydrogens is 276 g/mol. The van der Waals surface area contributed by atoms with Gasteiger partial charge in [0.25, 0.3) is 0 Å². The third kappa shape index (κ3) is 4.05. The summed E-state index contributed by atoms with van der Waals surface area (Å²) in [6.07, 6.45) is 0.173. The average molecular weight is 296 g/mol. The lowest BCUT2D eigenvalue weighted by molar-refractivity contribution is -0.116. The van der Waals surface area contributed by atoms with Gasteiger partial charge in [-0.1, -0.05) is 6.07 Å². The number of hydrogen-bond acceptors (Lipinski definition) is 4. The van der Waals surface area contributed by atoms with Crippen LogP contribution >= 0.6 is 0 Å². The molecule has 1 heterocycles. The van der Waals surface area contributed by atoms with Gasteiger partial charge in [-0.25, -0.2) is 8.42 Å². The van der Waals surface area contributed by atoms with E-state index in [1.54, 1.807) is 0 Å². The first-order valence-corrected chi connectivity index (χ1v) is 8.49. The number of sulfone groups is 1. The highest BCUT2D eigenvalue weighted by Gasteiger charge is 2.25. The van der Waals surface area contributed by atoms with Gasteiger partial charge in [0.1, 0.15) is 0 Å². The molecule has 1 unspecified atom stereocenters. The molecule has 0 bridgehead atoms. The standard InChI is InChI=1S/C14H20N2O3S/c1-10-3-4-12(7-11(10)2)16-14(17)8-13-9-20(18,19)6-5-15-13/h3-4,7,13,15H,5-6,8-9H2,1-2H3,(H,16,17). The summed E-state index contributed by atoms with van der Waals surface area (Å²) in [4.78, 5) is 11.9. The highest BCUT2D eigenvalue weighted by Crippen LogP contribution is 2.15. The number of carbonyl (C=O) groups excluding carboxylic acids is 1.